The maximum Gasteiger partial charge on any atom is 0.0837 e. The number of nitrogens with zero attached hydrogens (tertiary/aromatic N) is 2. The number of H-pyrrole nitrogens is 1. The summed E-state index contributed by atoms with van der Waals surface area (Å²) in [6.07, 6.45) is 5.38. The van der Waals surface area contributed by atoms with Crippen LogP contribution in [0, 0.1) is 6.92 Å². The molecule has 0 aliphatic carbocycles. The number of halogens is 2. The number of aliphatic hydroxyl groups excluding tert-OH is 1. The molecule has 1 aromatic carbocycles. The largest absolute Gasteiger partial charge is 0.392 e. The van der Waals surface area contributed by atoms with Crippen molar-refractivity contribution >= 4 is 35.0 Å². The average Bonchev–Trinajstić information content (AvgIpc) is 3.38. The molecule has 0 aliphatic heterocycles. The quantitative estimate of drug-likeness (QED) is 0.299. The van der Waals surface area contributed by atoms with E-state index in [4.69, 9.17) is 28.3 Å². The molecule has 2 N–H and O–H groups in total. The van der Waals surface area contributed by atoms with E-state index in [1.165, 1.54) is 16.3 Å². The summed E-state index contributed by atoms with van der Waals surface area (Å²) < 4.78 is 2.32. The first kappa shape index (κ1) is 24.5. The van der Waals surface area contributed by atoms with Gasteiger partial charge in [-0.15, -0.1) is 0 Å². The van der Waals surface area contributed by atoms with Crippen LogP contribution in [0.3, 0.4) is 0 Å². The number of hydrogen-bond acceptors (Lipinski definition) is 3. The third-order valence-electron chi connectivity index (χ3n) is 4.85. The average molecular weight is 488 g/mol. The van der Waals surface area contributed by atoms with Crippen molar-refractivity contribution in [2.45, 2.75) is 49.8 Å². The fourth-order valence-electron chi connectivity index (χ4n) is 3.21. The molecule has 4 nitrogen and oxygen atoms in total. The second kappa shape index (κ2) is 11.6. The number of aromatic amines is 1. The SMILES string of the molecule is Cc1cc(C(C)C)c(Sc2cc(Cl)cc(Cl)c2)n1Cc1ccccn1.OCc1cc[nH]c1. The minimum atomic E-state index is 0.128. The molecule has 4 rings (SSSR count). The zero-order chi connectivity index (χ0) is 23.1. The molecule has 0 bridgehead atoms. The van der Waals surface area contributed by atoms with E-state index >= 15 is 0 Å². The third kappa shape index (κ3) is 6.66. The Morgan fingerprint density at radius 1 is 1.09 bits per heavy atom. The first-order valence-electron chi connectivity index (χ1n) is 10.3. The van der Waals surface area contributed by atoms with E-state index in [9.17, 15) is 0 Å². The predicted molar refractivity (Wildman–Crippen MR) is 134 cm³/mol. The summed E-state index contributed by atoms with van der Waals surface area (Å²) in [6.45, 7) is 7.45. The maximum atomic E-state index is 8.41. The molecular weight excluding hydrogens is 461 g/mol. The molecule has 3 heterocycles. The fourth-order valence-corrected chi connectivity index (χ4v) is 5.20. The zero-order valence-corrected chi connectivity index (χ0v) is 20.7. The van der Waals surface area contributed by atoms with Gasteiger partial charge in [-0.05, 0) is 66.4 Å². The van der Waals surface area contributed by atoms with E-state index in [-0.39, 0.29) is 6.61 Å². The Bertz CT molecular complexity index is 1110. The van der Waals surface area contributed by atoms with Crippen molar-refractivity contribution in [1.29, 1.82) is 0 Å². The number of aliphatic hydroxyl groups is 1. The lowest BCUT2D eigenvalue weighted by molar-refractivity contribution is 0.282. The summed E-state index contributed by atoms with van der Waals surface area (Å²) in [5.41, 5.74) is 4.53. The minimum Gasteiger partial charge on any atom is -0.392 e. The van der Waals surface area contributed by atoms with E-state index in [1.807, 2.05) is 36.5 Å². The van der Waals surface area contributed by atoms with Gasteiger partial charge in [0.2, 0.25) is 0 Å². The lowest BCUT2D eigenvalue weighted by Gasteiger charge is -2.14. The topological polar surface area (TPSA) is 53.8 Å². The highest BCUT2D eigenvalue weighted by atomic mass is 35.5. The highest BCUT2D eigenvalue weighted by Gasteiger charge is 2.17. The lowest BCUT2D eigenvalue weighted by atomic mass is 10.1. The molecule has 0 unspecified atom stereocenters. The fraction of sp³-hybridized carbons (Fsp3) is 0.240. The van der Waals surface area contributed by atoms with Gasteiger partial charge < -0.3 is 14.7 Å². The van der Waals surface area contributed by atoms with Gasteiger partial charge in [-0.25, -0.2) is 0 Å². The highest BCUT2D eigenvalue weighted by Crippen LogP contribution is 2.38. The van der Waals surface area contributed by atoms with Crippen molar-refractivity contribution < 1.29 is 5.11 Å². The Balaban J connectivity index is 0.000000352. The number of pyridine rings is 1. The monoisotopic (exact) mass is 487 g/mol. The molecule has 0 saturated carbocycles. The van der Waals surface area contributed by atoms with Crippen molar-refractivity contribution in [2.24, 2.45) is 0 Å². The summed E-state index contributed by atoms with van der Waals surface area (Å²) >= 11 is 14.1. The molecule has 0 radical (unpaired) electrons. The Morgan fingerprint density at radius 2 is 1.84 bits per heavy atom. The van der Waals surface area contributed by atoms with Crippen molar-refractivity contribution in [3.8, 4) is 0 Å². The van der Waals surface area contributed by atoms with Gasteiger partial charge in [0.05, 0.1) is 23.9 Å². The summed E-state index contributed by atoms with van der Waals surface area (Å²) in [5, 5.41) is 10.9. The summed E-state index contributed by atoms with van der Waals surface area (Å²) in [7, 11) is 0. The molecule has 3 aromatic heterocycles. The van der Waals surface area contributed by atoms with E-state index in [1.54, 1.807) is 30.2 Å². The second-order valence-corrected chi connectivity index (χ2v) is 9.63. The number of rotatable bonds is 6. The first-order valence-corrected chi connectivity index (χ1v) is 11.9. The summed E-state index contributed by atoms with van der Waals surface area (Å²) in [4.78, 5) is 8.34. The Kier molecular flexibility index (Phi) is 8.88. The highest BCUT2D eigenvalue weighted by molar-refractivity contribution is 7.99. The van der Waals surface area contributed by atoms with Crippen LogP contribution < -0.4 is 0 Å². The van der Waals surface area contributed by atoms with Gasteiger partial charge in [-0.2, -0.15) is 0 Å². The third-order valence-corrected chi connectivity index (χ3v) is 6.40. The minimum absolute atomic E-state index is 0.128. The molecule has 7 heteroatoms. The number of hydrogen-bond donors (Lipinski definition) is 2. The molecule has 0 fully saturated rings. The first-order chi connectivity index (χ1) is 15.4. The zero-order valence-electron chi connectivity index (χ0n) is 18.3. The Labute approximate surface area is 203 Å². The van der Waals surface area contributed by atoms with Crippen molar-refractivity contribution in [2.75, 3.05) is 0 Å². The smallest absolute Gasteiger partial charge is 0.0837 e. The van der Waals surface area contributed by atoms with Crippen LogP contribution in [-0.2, 0) is 13.2 Å². The van der Waals surface area contributed by atoms with Crippen LogP contribution in [0.5, 0.6) is 0 Å². The van der Waals surface area contributed by atoms with Crippen LogP contribution in [0.25, 0.3) is 0 Å². The van der Waals surface area contributed by atoms with E-state index in [0.717, 1.165) is 22.7 Å². The van der Waals surface area contributed by atoms with Crippen LogP contribution in [0.15, 0.2) is 77.0 Å². The van der Waals surface area contributed by atoms with Gasteiger partial charge >= 0.3 is 0 Å². The standard InChI is InChI=1S/C20H20Cl2N2S.C5H7NO/c1-13(2)19-8-14(3)24(12-17-6-4-5-7-23-17)20(19)25-18-10-15(21)9-16(22)11-18;7-4-5-1-2-6-3-5/h4-11,13H,12H2,1-3H3;1-3,6-7H,4H2. The Hall–Kier alpha value is -2.18. The second-order valence-electron chi connectivity index (χ2n) is 7.69. The van der Waals surface area contributed by atoms with E-state index < -0.39 is 0 Å². The number of aryl methyl sites for hydroxylation is 1. The normalized spacial score (nSPS) is 10.8. The molecule has 0 amide bonds. The van der Waals surface area contributed by atoms with E-state index in [2.05, 4.69) is 47.4 Å². The summed E-state index contributed by atoms with van der Waals surface area (Å²) in [6, 6.07) is 15.8. The molecule has 0 spiro atoms. The van der Waals surface area contributed by atoms with Crippen molar-refractivity contribution in [1.82, 2.24) is 14.5 Å². The van der Waals surface area contributed by atoms with Crippen molar-refractivity contribution in [3.05, 3.63) is 99.7 Å². The molecule has 168 valence electrons. The van der Waals surface area contributed by atoms with Crippen LogP contribution in [-0.4, -0.2) is 19.6 Å². The van der Waals surface area contributed by atoms with Crippen LogP contribution in [0.2, 0.25) is 10.0 Å². The maximum absolute atomic E-state index is 8.41. The Morgan fingerprint density at radius 3 is 2.38 bits per heavy atom. The molecular formula is C25H27Cl2N3OS. The van der Waals surface area contributed by atoms with Crippen LogP contribution >= 0.6 is 35.0 Å². The lowest BCUT2D eigenvalue weighted by Crippen LogP contribution is -2.05. The van der Waals surface area contributed by atoms with Gasteiger partial charge in [0.15, 0.2) is 0 Å². The molecule has 0 aliphatic rings. The molecule has 0 atom stereocenters. The van der Waals surface area contributed by atoms with Crippen molar-refractivity contribution in [3.63, 3.8) is 0 Å². The van der Waals surface area contributed by atoms with E-state index in [0.29, 0.717) is 16.0 Å². The number of aromatic nitrogens is 3. The molecule has 4 aromatic rings. The number of nitrogens with one attached hydrogen (secondary N) is 1. The van der Waals surface area contributed by atoms with Gasteiger partial charge in [0.25, 0.3) is 0 Å². The summed E-state index contributed by atoms with van der Waals surface area (Å²) in [5.74, 6) is 0.431. The van der Waals surface area contributed by atoms with Gasteiger partial charge in [-0.1, -0.05) is 54.9 Å². The van der Waals surface area contributed by atoms with Gasteiger partial charge in [0.1, 0.15) is 0 Å². The van der Waals surface area contributed by atoms with Gasteiger partial charge in [0, 0.05) is 39.2 Å². The van der Waals surface area contributed by atoms with Gasteiger partial charge in [-0.3, -0.25) is 4.98 Å². The van der Waals surface area contributed by atoms with Crippen LogP contribution in [0.1, 0.15) is 42.3 Å². The molecule has 0 saturated heterocycles. The molecule has 32 heavy (non-hydrogen) atoms. The number of benzene rings is 1. The van der Waals surface area contributed by atoms with Crippen LogP contribution in [0.4, 0.5) is 0 Å². The predicted octanol–water partition coefficient (Wildman–Crippen LogP) is 7.33.